The maximum atomic E-state index is 12.8. The predicted octanol–water partition coefficient (Wildman–Crippen LogP) is 1.56. The maximum Gasteiger partial charge on any atom is 0.123 e. The van der Waals surface area contributed by atoms with E-state index in [1.165, 1.54) is 12.1 Å². The second-order valence-electron chi connectivity index (χ2n) is 3.09. The first-order valence-corrected chi connectivity index (χ1v) is 4.45. The van der Waals surface area contributed by atoms with Crippen molar-refractivity contribution in [2.24, 2.45) is 11.5 Å². The molecule has 3 heteroatoms. The summed E-state index contributed by atoms with van der Waals surface area (Å²) in [6.07, 6.45) is 1.68. The molecule has 0 bridgehead atoms. The molecule has 1 atom stereocenters. The van der Waals surface area contributed by atoms with E-state index < -0.39 is 0 Å². The van der Waals surface area contributed by atoms with Gasteiger partial charge in [0.15, 0.2) is 0 Å². The molecule has 0 aliphatic carbocycles. The van der Waals surface area contributed by atoms with E-state index in [4.69, 9.17) is 11.5 Å². The highest BCUT2D eigenvalue weighted by atomic mass is 19.1. The van der Waals surface area contributed by atoms with Gasteiger partial charge in [-0.25, -0.2) is 4.39 Å². The van der Waals surface area contributed by atoms with Crippen LogP contribution in [0.15, 0.2) is 24.3 Å². The van der Waals surface area contributed by atoms with Crippen LogP contribution < -0.4 is 11.5 Å². The van der Waals surface area contributed by atoms with Crippen LogP contribution in [0.25, 0.3) is 0 Å². The van der Waals surface area contributed by atoms with Crippen LogP contribution in [-0.2, 0) is 0 Å². The van der Waals surface area contributed by atoms with Gasteiger partial charge in [-0.3, -0.25) is 0 Å². The van der Waals surface area contributed by atoms with E-state index in [0.29, 0.717) is 6.54 Å². The SMILES string of the molecule is NCCC[C@H](N)c1cccc(F)c1. The van der Waals surface area contributed by atoms with Crippen molar-refractivity contribution < 1.29 is 4.39 Å². The summed E-state index contributed by atoms with van der Waals surface area (Å²) < 4.78 is 12.8. The van der Waals surface area contributed by atoms with E-state index in [2.05, 4.69) is 0 Å². The first-order valence-electron chi connectivity index (χ1n) is 4.45. The van der Waals surface area contributed by atoms with Gasteiger partial charge in [0.05, 0.1) is 0 Å². The average molecular weight is 182 g/mol. The molecule has 0 unspecified atom stereocenters. The van der Waals surface area contributed by atoms with Gasteiger partial charge in [-0.05, 0) is 37.1 Å². The van der Waals surface area contributed by atoms with E-state index in [9.17, 15) is 4.39 Å². The third-order valence-electron chi connectivity index (χ3n) is 2.00. The molecule has 0 spiro atoms. The van der Waals surface area contributed by atoms with Crippen molar-refractivity contribution in [3.63, 3.8) is 0 Å². The molecule has 0 heterocycles. The van der Waals surface area contributed by atoms with E-state index in [-0.39, 0.29) is 11.9 Å². The number of halogens is 1. The molecule has 0 aliphatic rings. The van der Waals surface area contributed by atoms with E-state index in [0.717, 1.165) is 18.4 Å². The van der Waals surface area contributed by atoms with Crippen molar-refractivity contribution in [1.82, 2.24) is 0 Å². The van der Waals surface area contributed by atoms with Crippen LogP contribution in [0.2, 0.25) is 0 Å². The van der Waals surface area contributed by atoms with Crippen LogP contribution in [0, 0.1) is 5.82 Å². The molecular formula is C10H15FN2. The summed E-state index contributed by atoms with van der Waals surface area (Å²) >= 11 is 0. The van der Waals surface area contributed by atoms with Crippen LogP contribution in [0.3, 0.4) is 0 Å². The number of hydrogen-bond acceptors (Lipinski definition) is 2. The molecule has 0 aromatic heterocycles. The van der Waals surface area contributed by atoms with Gasteiger partial charge in [0.25, 0.3) is 0 Å². The van der Waals surface area contributed by atoms with Crippen molar-refractivity contribution in [2.75, 3.05) is 6.54 Å². The van der Waals surface area contributed by atoms with E-state index in [1.54, 1.807) is 6.07 Å². The molecule has 4 N–H and O–H groups in total. The third kappa shape index (κ3) is 3.13. The van der Waals surface area contributed by atoms with Crippen molar-refractivity contribution in [1.29, 1.82) is 0 Å². The molecule has 1 rings (SSSR count). The molecule has 0 aliphatic heterocycles. The van der Waals surface area contributed by atoms with Crippen LogP contribution in [0.4, 0.5) is 4.39 Å². The minimum Gasteiger partial charge on any atom is -0.330 e. The van der Waals surface area contributed by atoms with Crippen LogP contribution in [0.1, 0.15) is 24.4 Å². The first-order chi connectivity index (χ1) is 6.24. The van der Waals surface area contributed by atoms with Gasteiger partial charge < -0.3 is 11.5 Å². The largest absolute Gasteiger partial charge is 0.330 e. The third-order valence-corrected chi connectivity index (χ3v) is 2.00. The topological polar surface area (TPSA) is 52.0 Å². The summed E-state index contributed by atoms with van der Waals surface area (Å²) in [4.78, 5) is 0. The van der Waals surface area contributed by atoms with Crippen LogP contribution >= 0.6 is 0 Å². The van der Waals surface area contributed by atoms with Crippen molar-refractivity contribution in [2.45, 2.75) is 18.9 Å². The quantitative estimate of drug-likeness (QED) is 0.742. The standard InChI is InChI=1S/C10H15FN2/c11-9-4-1-3-8(7-9)10(13)5-2-6-12/h1,3-4,7,10H,2,5-6,12-13H2/t10-/m0/s1. The molecule has 0 saturated carbocycles. The molecule has 0 saturated heterocycles. The van der Waals surface area contributed by atoms with Crippen molar-refractivity contribution in [3.8, 4) is 0 Å². The van der Waals surface area contributed by atoms with E-state index >= 15 is 0 Å². The lowest BCUT2D eigenvalue weighted by Crippen LogP contribution is -2.12. The summed E-state index contributed by atoms with van der Waals surface area (Å²) in [5.41, 5.74) is 12.0. The van der Waals surface area contributed by atoms with Gasteiger partial charge in [0.1, 0.15) is 5.82 Å². The monoisotopic (exact) mass is 182 g/mol. The Morgan fingerprint density at radius 3 is 2.77 bits per heavy atom. The number of benzene rings is 1. The highest BCUT2D eigenvalue weighted by Crippen LogP contribution is 2.15. The molecule has 2 nitrogen and oxygen atoms in total. The summed E-state index contributed by atoms with van der Waals surface area (Å²) in [6, 6.07) is 6.30. The Morgan fingerprint density at radius 2 is 2.15 bits per heavy atom. The zero-order valence-electron chi connectivity index (χ0n) is 7.54. The fourth-order valence-electron chi connectivity index (χ4n) is 1.24. The minimum atomic E-state index is -0.235. The molecule has 72 valence electrons. The Balaban J connectivity index is 2.60. The summed E-state index contributed by atoms with van der Waals surface area (Å²) in [7, 11) is 0. The number of hydrogen-bond donors (Lipinski definition) is 2. The highest BCUT2D eigenvalue weighted by Gasteiger charge is 2.05. The fourth-order valence-corrected chi connectivity index (χ4v) is 1.24. The zero-order chi connectivity index (χ0) is 9.68. The second-order valence-corrected chi connectivity index (χ2v) is 3.09. The summed E-state index contributed by atoms with van der Waals surface area (Å²) in [5, 5.41) is 0. The van der Waals surface area contributed by atoms with E-state index in [1.807, 2.05) is 6.07 Å². The summed E-state index contributed by atoms with van der Waals surface area (Å²) in [6.45, 7) is 0.628. The molecule has 13 heavy (non-hydrogen) atoms. The van der Waals surface area contributed by atoms with Gasteiger partial charge in [0.2, 0.25) is 0 Å². The molecule has 0 amide bonds. The number of nitrogens with two attached hydrogens (primary N) is 2. The molecule has 1 aromatic carbocycles. The lowest BCUT2D eigenvalue weighted by Gasteiger charge is -2.10. The van der Waals surface area contributed by atoms with Gasteiger partial charge in [0, 0.05) is 6.04 Å². The normalized spacial score (nSPS) is 12.8. The Kier molecular flexibility index (Phi) is 3.86. The lowest BCUT2D eigenvalue weighted by atomic mass is 10.0. The Labute approximate surface area is 77.7 Å². The van der Waals surface area contributed by atoms with Gasteiger partial charge in [-0.15, -0.1) is 0 Å². The van der Waals surface area contributed by atoms with Crippen LogP contribution in [0.5, 0.6) is 0 Å². The zero-order valence-corrected chi connectivity index (χ0v) is 7.54. The average Bonchev–Trinajstić information content (AvgIpc) is 2.14. The van der Waals surface area contributed by atoms with Crippen molar-refractivity contribution >= 4 is 0 Å². The summed E-state index contributed by atoms with van der Waals surface area (Å²) in [5.74, 6) is -0.235. The Bertz CT molecular complexity index is 263. The van der Waals surface area contributed by atoms with Gasteiger partial charge in [-0.1, -0.05) is 12.1 Å². The minimum absolute atomic E-state index is 0.0979. The highest BCUT2D eigenvalue weighted by molar-refractivity contribution is 5.19. The molecule has 1 aromatic rings. The second kappa shape index (κ2) is 4.94. The molecular weight excluding hydrogens is 167 g/mol. The molecule has 0 fully saturated rings. The number of rotatable bonds is 4. The maximum absolute atomic E-state index is 12.8. The fraction of sp³-hybridized carbons (Fsp3) is 0.400. The predicted molar refractivity (Wildman–Crippen MR) is 51.6 cm³/mol. The Hall–Kier alpha value is -0.930. The van der Waals surface area contributed by atoms with Gasteiger partial charge in [-0.2, -0.15) is 0 Å². The van der Waals surface area contributed by atoms with Crippen molar-refractivity contribution in [3.05, 3.63) is 35.6 Å². The smallest absolute Gasteiger partial charge is 0.123 e. The lowest BCUT2D eigenvalue weighted by molar-refractivity contribution is 0.597. The Morgan fingerprint density at radius 1 is 1.38 bits per heavy atom. The molecule has 0 radical (unpaired) electrons. The first kappa shape index (κ1) is 10.2. The van der Waals surface area contributed by atoms with Gasteiger partial charge >= 0.3 is 0 Å². The van der Waals surface area contributed by atoms with Crippen LogP contribution in [-0.4, -0.2) is 6.54 Å².